The summed E-state index contributed by atoms with van der Waals surface area (Å²) in [6.07, 6.45) is 1.57. The first-order valence-electron chi connectivity index (χ1n) is 9.96. The van der Waals surface area contributed by atoms with Crippen LogP contribution in [0.1, 0.15) is 47.0 Å². The van der Waals surface area contributed by atoms with Gasteiger partial charge in [0.2, 0.25) is 0 Å². The van der Waals surface area contributed by atoms with Crippen molar-refractivity contribution < 1.29 is 19.2 Å². The molecule has 0 fully saturated rings. The molecule has 1 N–H and O–H groups in total. The number of aromatic nitrogens is 1. The van der Waals surface area contributed by atoms with Gasteiger partial charge in [0, 0.05) is 28.3 Å². The van der Waals surface area contributed by atoms with Crippen LogP contribution in [-0.2, 0) is 0 Å². The van der Waals surface area contributed by atoms with Gasteiger partial charge in [0.05, 0.1) is 16.8 Å². The maximum atomic E-state index is 13.1. The van der Waals surface area contributed by atoms with E-state index in [-0.39, 0.29) is 28.2 Å². The predicted octanol–water partition coefficient (Wildman–Crippen LogP) is 4.43. The number of carbonyl (C=O) groups is 4. The fourth-order valence-corrected chi connectivity index (χ4v) is 4.14. The van der Waals surface area contributed by atoms with Gasteiger partial charge in [-0.25, -0.2) is 9.88 Å². The Morgan fingerprint density at radius 1 is 0.788 bits per heavy atom. The van der Waals surface area contributed by atoms with Gasteiger partial charge < -0.3 is 0 Å². The van der Waals surface area contributed by atoms with Gasteiger partial charge in [0.25, 0.3) is 17.7 Å². The molecule has 1 aromatic heterocycles. The molecule has 4 aromatic rings. The van der Waals surface area contributed by atoms with Gasteiger partial charge in [-0.15, -0.1) is 11.3 Å². The lowest BCUT2D eigenvalue weighted by Crippen LogP contribution is -2.29. The Morgan fingerprint density at radius 2 is 1.55 bits per heavy atom. The Balaban J connectivity index is 1.44. The van der Waals surface area contributed by atoms with Crippen molar-refractivity contribution in [1.82, 2.24) is 4.98 Å². The Kier molecular flexibility index (Phi) is 5.12. The van der Waals surface area contributed by atoms with Crippen LogP contribution >= 0.6 is 11.3 Å². The summed E-state index contributed by atoms with van der Waals surface area (Å²) in [7, 11) is 0. The van der Waals surface area contributed by atoms with Gasteiger partial charge in [-0.2, -0.15) is 0 Å². The number of anilines is 2. The van der Waals surface area contributed by atoms with E-state index in [1.54, 1.807) is 54.0 Å². The lowest BCUT2D eigenvalue weighted by Gasteiger charge is -2.14. The zero-order valence-corrected chi connectivity index (χ0v) is 17.8. The number of hydrogen-bond donors (Lipinski definition) is 1. The monoisotopic (exact) mass is 453 g/mol. The van der Waals surface area contributed by atoms with Crippen molar-refractivity contribution in [2.24, 2.45) is 0 Å². The SMILES string of the molecule is O=C(Nc1nccs1)c1ccc2c(c1)C(=O)N(c1cccc(C(=O)c3ccccc3)c1)C2=O. The molecular formula is C25H15N3O4S. The third-order valence-corrected chi connectivity index (χ3v) is 5.89. The second kappa shape index (κ2) is 8.25. The zero-order valence-electron chi connectivity index (χ0n) is 17.0. The minimum absolute atomic E-state index is 0.131. The second-order valence-corrected chi connectivity index (χ2v) is 8.14. The minimum atomic E-state index is -0.553. The number of nitrogens with zero attached hydrogens (tertiary/aromatic N) is 2. The molecule has 3 amide bonds. The molecule has 5 rings (SSSR count). The van der Waals surface area contributed by atoms with Crippen molar-refractivity contribution in [2.75, 3.05) is 10.2 Å². The molecule has 1 aliphatic heterocycles. The molecule has 1 aliphatic rings. The normalized spacial score (nSPS) is 12.5. The third-order valence-electron chi connectivity index (χ3n) is 5.20. The number of amides is 3. The van der Waals surface area contributed by atoms with Crippen LogP contribution in [0.2, 0.25) is 0 Å². The Morgan fingerprint density at radius 3 is 2.30 bits per heavy atom. The molecular weight excluding hydrogens is 438 g/mol. The van der Waals surface area contributed by atoms with E-state index in [9.17, 15) is 19.2 Å². The molecule has 33 heavy (non-hydrogen) atoms. The first-order valence-corrected chi connectivity index (χ1v) is 10.8. The van der Waals surface area contributed by atoms with E-state index < -0.39 is 17.7 Å². The van der Waals surface area contributed by atoms with Crippen LogP contribution in [0.5, 0.6) is 0 Å². The van der Waals surface area contributed by atoms with Crippen LogP contribution in [0.25, 0.3) is 0 Å². The molecule has 2 heterocycles. The summed E-state index contributed by atoms with van der Waals surface area (Å²) in [6, 6.07) is 19.5. The predicted molar refractivity (Wildman–Crippen MR) is 124 cm³/mol. The van der Waals surface area contributed by atoms with E-state index in [2.05, 4.69) is 10.3 Å². The molecule has 8 heteroatoms. The molecule has 0 atom stereocenters. The molecule has 0 bridgehead atoms. The quantitative estimate of drug-likeness (QED) is 0.356. The summed E-state index contributed by atoms with van der Waals surface area (Å²) in [5.74, 6) is -1.70. The average molecular weight is 453 g/mol. The van der Waals surface area contributed by atoms with Gasteiger partial charge in [-0.1, -0.05) is 42.5 Å². The third kappa shape index (κ3) is 3.72. The zero-order chi connectivity index (χ0) is 22.9. The summed E-state index contributed by atoms with van der Waals surface area (Å²) in [5, 5.41) is 4.82. The first kappa shape index (κ1) is 20.5. The van der Waals surface area contributed by atoms with E-state index in [1.165, 1.54) is 35.6 Å². The number of thiazole rings is 1. The van der Waals surface area contributed by atoms with Crippen LogP contribution < -0.4 is 10.2 Å². The number of rotatable bonds is 5. The number of fused-ring (bicyclic) bond motifs is 1. The number of imide groups is 1. The highest BCUT2D eigenvalue weighted by Gasteiger charge is 2.37. The summed E-state index contributed by atoms with van der Waals surface area (Å²) >= 11 is 1.27. The maximum absolute atomic E-state index is 13.1. The summed E-state index contributed by atoms with van der Waals surface area (Å²) < 4.78 is 0. The van der Waals surface area contributed by atoms with E-state index in [4.69, 9.17) is 0 Å². The minimum Gasteiger partial charge on any atom is -0.298 e. The van der Waals surface area contributed by atoms with Crippen molar-refractivity contribution >= 4 is 45.7 Å². The topological polar surface area (TPSA) is 96.4 Å². The molecule has 3 aromatic carbocycles. The van der Waals surface area contributed by atoms with Gasteiger partial charge in [-0.05, 0) is 30.3 Å². The molecule has 0 unspecified atom stereocenters. The fraction of sp³-hybridized carbons (Fsp3) is 0. The Bertz CT molecular complexity index is 1410. The molecule has 0 saturated heterocycles. The number of carbonyl (C=O) groups excluding carboxylic acids is 4. The van der Waals surface area contributed by atoms with E-state index in [0.717, 1.165) is 4.90 Å². The number of ketones is 1. The lowest BCUT2D eigenvalue weighted by molar-refractivity contribution is 0.0923. The highest BCUT2D eigenvalue weighted by atomic mass is 32.1. The highest BCUT2D eigenvalue weighted by Crippen LogP contribution is 2.30. The first-order chi connectivity index (χ1) is 16.0. The van der Waals surface area contributed by atoms with Gasteiger partial charge in [0.15, 0.2) is 10.9 Å². The molecule has 160 valence electrons. The maximum Gasteiger partial charge on any atom is 0.266 e. The fourth-order valence-electron chi connectivity index (χ4n) is 3.61. The largest absolute Gasteiger partial charge is 0.298 e. The molecule has 0 spiro atoms. The number of nitrogens with one attached hydrogen (secondary N) is 1. The van der Waals surface area contributed by atoms with Gasteiger partial charge >= 0.3 is 0 Å². The van der Waals surface area contributed by atoms with Gasteiger partial charge in [-0.3, -0.25) is 24.5 Å². The van der Waals surface area contributed by atoms with Gasteiger partial charge in [0.1, 0.15) is 0 Å². The second-order valence-electron chi connectivity index (χ2n) is 7.24. The van der Waals surface area contributed by atoms with Crippen LogP contribution in [0, 0.1) is 0 Å². The van der Waals surface area contributed by atoms with Crippen LogP contribution in [0.15, 0.2) is 84.4 Å². The molecule has 0 aliphatic carbocycles. The Hall–Kier alpha value is -4.43. The number of benzene rings is 3. The summed E-state index contributed by atoms with van der Waals surface area (Å²) in [4.78, 5) is 56.5. The van der Waals surface area contributed by atoms with E-state index in [0.29, 0.717) is 16.3 Å². The van der Waals surface area contributed by atoms with Crippen molar-refractivity contribution in [1.29, 1.82) is 0 Å². The number of hydrogen-bond acceptors (Lipinski definition) is 6. The Labute approximate surface area is 192 Å². The molecule has 0 saturated carbocycles. The summed E-state index contributed by atoms with van der Waals surface area (Å²) in [6.45, 7) is 0. The summed E-state index contributed by atoms with van der Waals surface area (Å²) in [5.41, 5.74) is 1.72. The van der Waals surface area contributed by atoms with Crippen molar-refractivity contribution in [3.63, 3.8) is 0 Å². The lowest BCUT2D eigenvalue weighted by atomic mass is 10.0. The smallest absolute Gasteiger partial charge is 0.266 e. The van der Waals surface area contributed by atoms with Crippen molar-refractivity contribution in [3.8, 4) is 0 Å². The molecule has 0 radical (unpaired) electrons. The van der Waals surface area contributed by atoms with Crippen LogP contribution in [-0.4, -0.2) is 28.5 Å². The highest BCUT2D eigenvalue weighted by molar-refractivity contribution is 7.13. The van der Waals surface area contributed by atoms with Crippen LogP contribution in [0.3, 0.4) is 0 Å². The van der Waals surface area contributed by atoms with E-state index >= 15 is 0 Å². The van der Waals surface area contributed by atoms with Crippen molar-refractivity contribution in [2.45, 2.75) is 0 Å². The van der Waals surface area contributed by atoms with Crippen LogP contribution in [0.4, 0.5) is 10.8 Å². The van der Waals surface area contributed by atoms with Crippen molar-refractivity contribution in [3.05, 3.63) is 112 Å². The van der Waals surface area contributed by atoms with E-state index in [1.807, 2.05) is 6.07 Å². The standard InChI is InChI=1S/C25H15N3O4S/c29-21(15-5-2-1-3-6-15)16-7-4-8-18(13-16)28-23(31)19-10-9-17(14-20(19)24(28)32)22(30)27-25-26-11-12-33-25/h1-14H,(H,26,27,30). The average Bonchev–Trinajstić information content (AvgIpc) is 3.45. The molecule has 7 nitrogen and oxygen atoms in total.